The lowest BCUT2D eigenvalue weighted by Crippen LogP contribution is -2.23. The monoisotopic (exact) mass is 216 g/mol. The van der Waals surface area contributed by atoms with Gasteiger partial charge in [0.1, 0.15) is 5.78 Å². The van der Waals surface area contributed by atoms with Gasteiger partial charge in [-0.3, -0.25) is 4.79 Å². The summed E-state index contributed by atoms with van der Waals surface area (Å²) in [6, 6.07) is 10.1. The zero-order valence-electron chi connectivity index (χ0n) is 9.99. The molecule has 0 bridgehead atoms. The summed E-state index contributed by atoms with van der Waals surface area (Å²) in [6.45, 7) is 2.27. The zero-order chi connectivity index (χ0) is 11.4. The van der Waals surface area contributed by atoms with Gasteiger partial charge >= 0.3 is 0 Å². The molecule has 0 N–H and O–H groups in total. The van der Waals surface area contributed by atoms with Crippen molar-refractivity contribution in [2.75, 3.05) is 0 Å². The highest BCUT2D eigenvalue weighted by Gasteiger charge is 2.24. The molecule has 1 aliphatic rings. The molecule has 2 unspecified atom stereocenters. The highest BCUT2D eigenvalue weighted by Crippen LogP contribution is 2.29. The van der Waals surface area contributed by atoms with Crippen LogP contribution in [0.2, 0.25) is 0 Å². The minimum atomic E-state index is 0.323. The Labute approximate surface area is 97.9 Å². The molecular formula is C15H20O. The van der Waals surface area contributed by atoms with Crippen LogP contribution in [0.1, 0.15) is 38.2 Å². The van der Waals surface area contributed by atoms with Crippen LogP contribution >= 0.6 is 0 Å². The van der Waals surface area contributed by atoms with E-state index in [2.05, 4.69) is 6.92 Å². The Bertz CT molecular complexity index is 342. The standard InChI is InChI=1S/C15H20O/c1-12-6-5-9-14(10-12)15(16)11-13-7-3-2-4-8-13/h2-4,7-8,12,14H,5-6,9-11H2,1H3. The number of hydrogen-bond donors (Lipinski definition) is 0. The first-order valence-corrected chi connectivity index (χ1v) is 6.32. The molecule has 0 saturated heterocycles. The van der Waals surface area contributed by atoms with E-state index in [1.54, 1.807) is 0 Å². The summed E-state index contributed by atoms with van der Waals surface area (Å²) in [5.41, 5.74) is 1.16. The minimum absolute atomic E-state index is 0.323. The van der Waals surface area contributed by atoms with E-state index in [1.807, 2.05) is 30.3 Å². The van der Waals surface area contributed by atoms with E-state index in [0.717, 1.165) is 24.3 Å². The number of ketones is 1. The van der Waals surface area contributed by atoms with Crippen molar-refractivity contribution < 1.29 is 4.79 Å². The lowest BCUT2D eigenvalue weighted by atomic mass is 9.79. The van der Waals surface area contributed by atoms with E-state index in [9.17, 15) is 4.79 Å². The summed E-state index contributed by atoms with van der Waals surface area (Å²) >= 11 is 0. The maximum absolute atomic E-state index is 12.1. The summed E-state index contributed by atoms with van der Waals surface area (Å²) in [4.78, 5) is 12.1. The lowest BCUT2D eigenvalue weighted by molar-refractivity contribution is -0.123. The fourth-order valence-electron chi connectivity index (χ4n) is 2.67. The molecule has 2 atom stereocenters. The molecule has 0 aromatic heterocycles. The molecule has 16 heavy (non-hydrogen) atoms. The maximum Gasteiger partial charge on any atom is 0.140 e. The van der Waals surface area contributed by atoms with E-state index >= 15 is 0 Å². The van der Waals surface area contributed by atoms with Gasteiger partial charge in [0, 0.05) is 12.3 Å². The Morgan fingerprint density at radius 1 is 1.25 bits per heavy atom. The molecule has 0 amide bonds. The molecule has 1 heteroatoms. The van der Waals surface area contributed by atoms with E-state index in [1.165, 1.54) is 12.8 Å². The highest BCUT2D eigenvalue weighted by molar-refractivity contribution is 5.83. The van der Waals surface area contributed by atoms with Gasteiger partial charge < -0.3 is 0 Å². The van der Waals surface area contributed by atoms with Gasteiger partial charge in [-0.05, 0) is 24.3 Å². The van der Waals surface area contributed by atoms with Crippen molar-refractivity contribution in [1.29, 1.82) is 0 Å². The van der Waals surface area contributed by atoms with Crippen LogP contribution in [-0.4, -0.2) is 5.78 Å². The summed E-state index contributed by atoms with van der Waals surface area (Å²) in [5.74, 6) is 1.50. The van der Waals surface area contributed by atoms with Crippen LogP contribution in [0.15, 0.2) is 30.3 Å². The van der Waals surface area contributed by atoms with Crippen molar-refractivity contribution in [2.45, 2.75) is 39.0 Å². The van der Waals surface area contributed by atoms with E-state index in [4.69, 9.17) is 0 Å². The number of hydrogen-bond acceptors (Lipinski definition) is 1. The molecule has 0 aliphatic heterocycles. The number of rotatable bonds is 3. The Kier molecular flexibility index (Phi) is 3.76. The van der Waals surface area contributed by atoms with Gasteiger partial charge in [0.25, 0.3) is 0 Å². The van der Waals surface area contributed by atoms with E-state index in [0.29, 0.717) is 18.1 Å². The van der Waals surface area contributed by atoms with Crippen molar-refractivity contribution in [1.82, 2.24) is 0 Å². The first kappa shape index (κ1) is 11.4. The predicted molar refractivity (Wildman–Crippen MR) is 66.3 cm³/mol. The highest BCUT2D eigenvalue weighted by atomic mass is 16.1. The third kappa shape index (κ3) is 2.94. The first-order chi connectivity index (χ1) is 7.75. The van der Waals surface area contributed by atoms with E-state index in [-0.39, 0.29) is 0 Å². The van der Waals surface area contributed by atoms with Crippen molar-refractivity contribution in [3.8, 4) is 0 Å². The van der Waals surface area contributed by atoms with Crippen LogP contribution in [0.5, 0.6) is 0 Å². The molecule has 1 nitrogen and oxygen atoms in total. The molecule has 0 spiro atoms. The van der Waals surface area contributed by atoms with Crippen LogP contribution < -0.4 is 0 Å². The molecule has 1 aromatic carbocycles. The number of Topliss-reactive ketones (excluding diaryl/α,β-unsaturated/α-hetero) is 1. The number of benzene rings is 1. The SMILES string of the molecule is CC1CCCC(C(=O)Cc2ccccc2)C1. The molecule has 0 radical (unpaired) electrons. The van der Waals surface area contributed by atoms with Gasteiger partial charge in [-0.25, -0.2) is 0 Å². The number of carbonyl (C=O) groups excluding carboxylic acids is 1. The number of carbonyl (C=O) groups is 1. The summed E-state index contributed by atoms with van der Waals surface area (Å²) < 4.78 is 0. The average Bonchev–Trinajstić information content (AvgIpc) is 2.30. The smallest absolute Gasteiger partial charge is 0.140 e. The Hall–Kier alpha value is -1.11. The predicted octanol–water partition coefficient (Wildman–Crippen LogP) is 3.62. The van der Waals surface area contributed by atoms with Crippen molar-refractivity contribution >= 4 is 5.78 Å². The van der Waals surface area contributed by atoms with Crippen LogP contribution in [0, 0.1) is 11.8 Å². The topological polar surface area (TPSA) is 17.1 Å². The molecular weight excluding hydrogens is 196 g/mol. The maximum atomic E-state index is 12.1. The van der Waals surface area contributed by atoms with Crippen molar-refractivity contribution in [3.63, 3.8) is 0 Å². The van der Waals surface area contributed by atoms with Gasteiger partial charge in [-0.15, -0.1) is 0 Å². The molecule has 1 saturated carbocycles. The van der Waals surface area contributed by atoms with Crippen LogP contribution in [0.3, 0.4) is 0 Å². The molecule has 2 rings (SSSR count). The van der Waals surface area contributed by atoms with Gasteiger partial charge in [0.05, 0.1) is 0 Å². The second-order valence-corrected chi connectivity index (χ2v) is 5.10. The van der Waals surface area contributed by atoms with Crippen molar-refractivity contribution in [2.24, 2.45) is 11.8 Å². The van der Waals surface area contributed by atoms with Gasteiger partial charge in [-0.1, -0.05) is 50.1 Å². The molecule has 1 fully saturated rings. The van der Waals surface area contributed by atoms with Gasteiger partial charge in [-0.2, -0.15) is 0 Å². The molecule has 1 aromatic rings. The summed E-state index contributed by atoms with van der Waals surface area (Å²) in [6.07, 6.45) is 5.36. The first-order valence-electron chi connectivity index (χ1n) is 6.32. The third-order valence-electron chi connectivity index (χ3n) is 3.61. The largest absolute Gasteiger partial charge is 0.299 e. The molecule has 1 aliphatic carbocycles. The second-order valence-electron chi connectivity index (χ2n) is 5.10. The van der Waals surface area contributed by atoms with Crippen LogP contribution in [0.4, 0.5) is 0 Å². The van der Waals surface area contributed by atoms with Gasteiger partial charge in [0.2, 0.25) is 0 Å². The summed E-state index contributed by atoms with van der Waals surface area (Å²) in [7, 11) is 0. The lowest BCUT2D eigenvalue weighted by Gasteiger charge is -2.25. The van der Waals surface area contributed by atoms with E-state index < -0.39 is 0 Å². The Morgan fingerprint density at radius 2 is 2.00 bits per heavy atom. The molecule has 0 heterocycles. The quantitative estimate of drug-likeness (QED) is 0.754. The zero-order valence-corrected chi connectivity index (χ0v) is 9.99. The third-order valence-corrected chi connectivity index (χ3v) is 3.61. The Balaban J connectivity index is 1.93. The fourth-order valence-corrected chi connectivity index (χ4v) is 2.67. The second kappa shape index (κ2) is 5.29. The minimum Gasteiger partial charge on any atom is -0.299 e. The Morgan fingerprint density at radius 3 is 2.69 bits per heavy atom. The normalized spacial score (nSPS) is 25.3. The van der Waals surface area contributed by atoms with Crippen molar-refractivity contribution in [3.05, 3.63) is 35.9 Å². The molecule has 86 valence electrons. The fraction of sp³-hybridized carbons (Fsp3) is 0.533. The van der Waals surface area contributed by atoms with Crippen LogP contribution in [0.25, 0.3) is 0 Å². The summed E-state index contributed by atoms with van der Waals surface area (Å²) in [5, 5.41) is 0. The van der Waals surface area contributed by atoms with Crippen LogP contribution in [-0.2, 0) is 11.2 Å². The van der Waals surface area contributed by atoms with Gasteiger partial charge in [0.15, 0.2) is 0 Å². The average molecular weight is 216 g/mol.